The zero-order chi connectivity index (χ0) is 26.9. The molecule has 3 aliphatic rings. The second-order valence-corrected chi connectivity index (χ2v) is 10.5. The van der Waals surface area contributed by atoms with Crippen LogP contribution in [0.3, 0.4) is 0 Å². The van der Waals surface area contributed by atoms with Gasteiger partial charge in [-0.1, -0.05) is 96.6 Å². The lowest BCUT2D eigenvalue weighted by Crippen LogP contribution is -2.48. The van der Waals surface area contributed by atoms with Crippen LogP contribution in [-0.2, 0) is 0 Å². The molecule has 190 valence electrons. The molecule has 5 heteroatoms. The van der Waals surface area contributed by atoms with Crippen molar-refractivity contribution in [2.24, 2.45) is 5.41 Å². The van der Waals surface area contributed by atoms with Crippen LogP contribution >= 0.6 is 0 Å². The zero-order valence-electron chi connectivity index (χ0n) is 21.2. The summed E-state index contributed by atoms with van der Waals surface area (Å²) in [6.07, 6.45) is 3.82. The van der Waals surface area contributed by atoms with E-state index in [1.807, 2.05) is 60.4 Å². The van der Waals surface area contributed by atoms with E-state index in [2.05, 4.69) is 0 Å². The summed E-state index contributed by atoms with van der Waals surface area (Å²) in [6, 6.07) is 26.2. The van der Waals surface area contributed by atoms with Crippen LogP contribution in [0.4, 0.5) is 10.1 Å². The molecule has 0 unspecified atom stereocenters. The number of carbonyl (C=O) groups is 3. The minimum Gasteiger partial charge on any atom is -0.352 e. The first-order valence-corrected chi connectivity index (χ1v) is 13.0. The second kappa shape index (κ2) is 8.43. The number of hydrogen-bond acceptors (Lipinski definition) is 4. The number of Topliss-reactive ketones (excluding diaryl/α,β-unsaturated/α-hetero) is 3. The van der Waals surface area contributed by atoms with Crippen molar-refractivity contribution in [3.8, 4) is 0 Å². The summed E-state index contributed by atoms with van der Waals surface area (Å²) in [4.78, 5) is 45.6. The van der Waals surface area contributed by atoms with Crippen LogP contribution in [0.1, 0.15) is 53.7 Å². The number of halogens is 1. The fraction of sp³-hybridized carbons (Fsp3) is 0.147. The van der Waals surface area contributed by atoms with Crippen LogP contribution in [-0.4, -0.2) is 29.4 Å². The Bertz CT molecular complexity index is 1670. The fourth-order valence-corrected chi connectivity index (χ4v) is 6.85. The second-order valence-electron chi connectivity index (χ2n) is 10.5. The molecule has 39 heavy (non-hydrogen) atoms. The highest BCUT2D eigenvalue weighted by Gasteiger charge is 2.71. The molecule has 0 bridgehead atoms. The maximum Gasteiger partial charge on any atom is 0.185 e. The van der Waals surface area contributed by atoms with Gasteiger partial charge < -0.3 is 4.90 Å². The Morgan fingerprint density at radius 2 is 1.41 bits per heavy atom. The van der Waals surface area contributed by atoms with Gasteiger partial charge in [-0.25, -0.2) is 4.39 Å². The Balaban J connectivity index is 1.54. The van der Waals surface area contributed by atoms with E-state index in [4.69, 9.17) is 0 Å². The predicted octanol–water partition coefficient (Wildman–Crippen LogP) is 6.45. The van der Waals surface area contributed by atoms with Gasteiger partial charge in [0.05, 0.1) is 6.04 Å². The molecular weight excluding hydrogens is 489 g/mol. The summed E-state index contributed by atoms with van der Waals surface area (Å²) in [7, 11) is 0. The molecule has 4 aromatic carbocycles. The average molecular weight is 514 g/mol. The summed E-state index contributed by atoms with van der Waals surface area (Å²) >= 11 is 0. The van der Waals surface area contributed by atoms with E-state index in [9.17, 15) is 18.8 Å². The Hall–Kier alpha value is -4.64. The SMILES string of the molecule is Cc1ccc(C(=O)[C@@H]2[C@H](c3ccc(F)cc3)C3(C(=O)c4ccccc4C3=O)[C@H]3C=Cc4ccccc4N23)cc1. The van der Waals surface area contributed by atoms with Gasteiger partial charge in [0.15, 0.2) is 17.3 Å². The van der Waals surface area contributed by atoms with Crippen molar-refractivity contribution >= 4 is 29.1 Å². The van der Waals surface area contributed by atoms with Crippen molar-refractivity contribution in [2.75, 3.05) is 4.90 Å². The third-order valence-corrected chi connectivity index (χ3v) is 8.55. The van der Waals surface area contributed by atoms with Crippen LogP contribution < -0.4 is 4.90 Å². The maximum atomic E-state index is 14.5. The Labute approximate surface area is 225 Å². The lowest BCUT2D eigenvalue weighted by molar-refractivity contribution is 0.0666. The third kappa shape index (κ3) is 3.13. The van der Waals surface area contributed by atoms with Crippen LogP contribution in [0.2, 0.25) is 0 Å². The highest BCUT2D eigenvalue weighted by atomic mass is 19.1. The first kappa shape index (κ1) is 23.5. The highest BCUT2D eigenvalue weighted by Crippen LogP contribution is 2.60. The van der Waals surface area contributed by atoms with Crippen LogP contribution in [0, 0.1) is 18.2 Å². The topological polar surface area (TPSA) is 54.5 Å². The summed E-state index contributed by atoms with van der Waals surface area (Å²) in [5, 5.41) is 0. The van der Waals surface area contributed by atoms with Gasteiger partial charge in [0.2, 0.25) is 0 Å². The molecule has 0 N–H and O–H groups in total. The van der Waals surface area contributed by atoms with Crippen LogP contribution in [0.25, 0.3) is 6.08 Å². The maximum absolute atomic E-state index is 14.5. The van der Waals surface area contributed by atoms with Crippen molar-refractivity contribution in [3.63, 3.8) is 0 Å². The standard InChI is InChI=1S/C34H24FNO3/c1-20-10-12-23(13-11-20)31(37)30-29(22-14-17-24(35)18-15-22)34(32(38)25-7-3-4-8-26(25)33(34)39)28-19-16-21-6-2-5-9-27(21)36(28)30/h2-19,28-30H,1H3/t28-,29+,30+/m1/s1. The normalized spacial score (nSPS) is 22.1. The van der Waals surface area contributed by atoms with E-state index in [-0.39, 0.29) is 17.3 Å². The van der Waals surface area contributed by atoms with E-state index >= 15 is 0 Å². The molecule has 0 aromatic heterocycles. The molecular formula is C34H24FNO3. The Kier molecular flexibility index (Phi) is 5.08. The number of fused-ring (bicyclic) bond motifs is 5. The lowest BCUT2D eigenvalue weighted by Gasteiger charge is -2.37. The molecule has 1 aliphatic carbocycles. The molecule has 1 saturated heterocycles. The number of rotatable bonds is 3. The van der Waals surface area contributed by atoms with Gasteiger partial charge in [0, 0.05) is 28.3 Å². The van der Waals surface area contributed by atoms with Gasteiger partial charge in [-0.3, -0.25) is 14.4 Å². The number of nitrogens with zero attached hydrogens (tertiary/aromatic N) is 1. The molecule has 3 atom stereocenters. The van der Waals surface area contributed by atoms with E-state index in [1.165, 1.54) is 12.1 Å². The number of carbonyl (C=O) groups excluding carboxylic acids is 3. The van der Waals surface area contributed by atoms with Crippen molar-refractivity contribution in [1.82, 2.24) is 0 Å². The molecule has 2 heterocycles. The van der Waals surface area contributed by atoms with Crippen molar-refractivity contribution in [2.45, 2.75) is 24.9 Å². The monoisotopic (exact) mass is 513 g/mol. The van der Waals surface area contributed by atoms with Crippen molar-refractivity contribution in [1.29, 1.82) is 0 Å². The average Bonchev–Trinajstić information content (AvgIpc) is 3.40. The third-order valence-electron chi connectivity index (χ3n) is 8.55. The first-order valence-electron chi connectivity index (χ1n) is 13.0. The number of aryl methyl sites for hydroxylation is 1. The van der Waals surface area contributed by atoms with Gasteiger partial charge in [-0.2, -0.15) is 0 Å². The molecule has 4 nitrogen and oxygen atoms in total. The number of benzene rings is 4. The summed E-state index contributed by atoms with van der Waals surface area (Å²) < 4.78 is 14.1. The molecule has 0 radical (unpaired) electrons. The summed E-state index contributed by atoms with van der Waals surface area (Å²) in [5.74, 6) is -2.05. The fourth-order valence-electron chi connectivity index (χ4n) is 6.85. The van der Waals surface area contributed by atoms with Gasteiger partial charge in [0.25, 0.3) is 0 Å². The van der Waals surface area contributed by atoms with Gasteiger partial charge in [-0.05, 0) is 36.2 Å². The molecule has 2 aliphatic heterocycles. The predicted molar refractivity (Wildman–Crippen MR) is 148 cm³/mol. The van der Waals surface area contributed by atoms with Crippen LogP contribution in [0.5, 0.6) is 0 Å². The minimum absolute atomic E-state index is 0.187. The van der Waals surface area contributed by atoms with Crippen molar-refractivity contribution < 1.29 is 18.8 Å². The summed E-state index contributed by atoms with van der Waals surface area (Å²) in [6.45, 7) is 1.95. The van der Waals surface area contributed by atoms with Gasteiger partial charge in [-0.15, -0.1) is 0 Å². The highest BCUT2D eigenvalue weighted by molar-refractivity contribution is 6.32. The quantitative estimate of drug-likeness (QED) is 0.233. The smallest absolute Gasteiger partial charge is 0.185 e. The number of para-hydroxylation sites is 1. The van der Waals surface area contributed by atoms with E-state index in [0.717, 1.165) is 16.8 Å². The molecule has 7 rings (SSSR count). The Morgan fingerprint density at radius 1 is 0.795 bits per heavy atom. The molecule has 1 spiro atoms. The van der Waals surface area contributed by atoms with E-state index < -0.39 is 29.2 Å². The molecule has 0 amide bonds. The van der Waals surface area contributed by atoms with Gasteiger partial charge >= 0.3 is 0 Å². The van der Waals surface area contributed by atoms with E-state index in [0.29, 0.717) is 22.3 Å². The number of ketones is 3. The number of hydrogen-bond donors (Lipinski definition) is 0. The molecule has 1 fully saturated rings. The molecule has 0 saturated carbocycles. The number of anilines is 1. The van der Waals surface area contributed by atoms with Gasteiger partial charge in [0.1, 0.15) is 17.3 Å². The molecule has 4 aromatic rings. The first-order chi connectivity index (χ1) is 18.9. The van der Waals surface area contributed by atoms with Crippen LogP contribution in [0.15, 0.2) is 103 Å². The zero-order valence-corrected chi connectivity index (χ0v) is 21.2. The minimum atomic E-state index is -1.59. The lowest BCUT2D eigenvalue weighted by atomic mass is 9.64. The van der Waals surface area contributed by atoms with E-state index in [1.54, 1.807) is 48.5 Å². The largest absolute Gasteiger partial charge is 0.352 e. The summed E-state index contributed by atoms with van der Waals surface area (Å²) in [5.41, 5.74) is 2.93. The van der Waals surface area contributed by atoms with Crippen molar-refractivity contribution in [3.05, 3.63) is 142 Å². The Morgan fingerprint density at radius 3 is 2.08 bits per heavy atom.